The Morgan fingerprint density at radius 1 is 1.17 bits per heavy atom. The van der Waals surface area contributed by atoms with E-state index in [9.17, 15) is 8.42 Å². The second-order valence-corrected chi connectivity index (χ2v) is 9.42. The summed E-state index contributed by atoms with van der Waals surface area (Å²) in [5.74, 6) is -0.314. The Labute approximate surface area is 155 Å². The Balaban J connectivity index is 2.01. The molecule has 7 heteroatoms. The Hall–Kier alpha value is -0.920. The molecule has 2 N–H and O–H groups in total. The number of rotatable bonds is 5. The summed E-state index contributed by atoms with van der Waals surface area (Å²) in [6.07, 6.45) is 0. The van der Waals surface area contributed by atoms with Crippen molar-refractivity contribution in [2.75, 3.05) is 13.7 Å². The van der Waals surface area contributed by atoms with Crippen LogP contribution in [0.2, 0.25) is 5.02 Å². The number of benzene rings is 2. The van der Waals surface area contributed by atoms with Crippen molar-refractivity contribution in [3.05, 3.63) is 63.6 Å². The second kappa shape index (κ2) is 6.42. The van der Waals surface area contributed by atoms with E-state index in [1.54, 1.807) is 12.1 Å². The third kappa shape index (κ3) is 3.02. The monoisotopic (exact) mass is 429 g/mol. The smallest absolute Gasteiger partial charge is 0.183 e. The maximum atomic E-state index is 13.1. The highest BCUT2D eigenvalue weighted by Crippen LogP contribution is 2.55. The molecule has 1 fully saturated rings. The molecule has 2 aromatic rings. The van der Waals surface area contributed by atoms with Gasteiger partial charge in [-0.25, -0.2) is 8.42 Å². The minimum absolute atomic E-state index is 0.172. The molecule has 2 aromatic carbocycles. The van der Waals surface area contributed by atoms with Crippen LogP contribution in [0.1, 0.15) is 11.5 Å². The first-order chi connectivity index (χ1) is 11.3. The van der Waals surface area contributed by atoms with Gasteiger partial charge >= 0.3 is 0 Å². The van der Waals surface area contributed by atoms with E-state index in [0.717, 1.165) is 10.0 Å². The molecule has 0 aliphatic heterocycles. The predicted octanol–water partition coefficient (Wildman–Crippen LogP) is 3.39. The number of halogens is 2. The van der Waals surface area contributed by atoms with Crippen LogP contribution >= 0.6 is 27.5 Å². The molecule has 0 aromatic heterocycles. The maximum Gasteiger partial charge on any atom is 0.183 e. The van der Waals surface area contributed by atoms with Crippen molar-refractivity contribution in [1.82, 2.24) is 0 Å². The minimum Gasteiger partial charge on any atom is -0.383 e. The fourth-order valence-electron chi connectivity index (χ4n) is 3.24. The van der Waals surface area contributed by atoms with Crippen LogP contribution in [0.25, 0.3) is 0 Å². The summed E-state index contributed by atoms with van der Waals surface area (Å²) in [7, 11) is -2.07. The number of hydrogen-bond acceptors (Lipinski definition) is 4. The molecular weight excluding hydrogens is 414 g/mol. The minimum atomic E-state index is -3.60. The van der Waals surface area contributed by atoms with Crippen LogP contribution in [-0.4, -0.2) is 32.9 Å². The molecule has 0 spiro atoms. The number of ether oxygens (including phenoxy) is 1. The van der Waals surface area contributed by atoms with Gasteiger partial charge < -0.3 is 10.5 Å². The number of hydrogen-bond donors (Lipinski definition) is 1. The zero-order valence-corrected chi connectivity index (χ0v) is 16.1. The van der Waals surface area contributed by atoms with Gasteiger partial charge in [-0.2, -0.15) is 0 Å². The first-order valence-electron chi connectivity index (χ1n) is 7.33. The summed E-state index contributed by atoms with van der Waals surface area (Å²) in [5, 5.41) is -0.239. The number of methoxy groups -OCH3 is 1. The summed E-state index contributed by atoms with van der Waals surface area (Å²) in [4.78, 5) is 0.224. The largest absolute Gasteiger partial charge is 0.383 e. The SMILES string of the molecule is COC[C@@]1(N)[C@H](S(=O)(=O)c2ccc(Cl)cc2)[C@@H]1c1ccc(Br)cc1. The molecule has 3 atom stereocenters. The second-order valence-electron chi connectivity index (χ2n) is 5.99. The zero-order chi connectivity index (χ0) is 17.5. The number of nitrogens with two attached hydrogens (primary N) is 1. The molecule has 1 aliphatic rings. The van der Waals surface area contributed by atoms with E-state index >= 15 is 0 Å². The molecule has 1 saturated carbocycles. The van der Waals surface area contributed by atoms with Gasteiger partial charge in [-0.05, 0) is 42.0 Å². The summed E-state index contributed by atoms with van der Waals surface area (Å²) in [5.41, 5.74) is 6.37. The van der Waals surface area contributed by atoms with E-state index in [4.69, 9.17) is 22.1 Å². The highest BCUT2D eigenvalue weighted by atomic mass is 79.9. The zero-order valence-electron chi connectivity index (χ0n) is 12.9. The fraction of sp³-hybridized carbons (Fsp3) is 0.294. The van der Waals surface area contributed by atoms with Gasteiger partial charge in [-0.15, -0.1) is 0 Å². The van der Waals surface area contributed by atoms with Crippen LogP contribution in [0, 0.1) is 0 Å². The molecule has 0 unspecified atom stereocenters. The lowest BCUT2D eigenvalue weighted by molar-refractivity contribution is 0.171. The molecule has 1 aliphatic carbocycles. The quantitative estimate of drug-likeness (QED) is 0.789. The standard InChI is InChI=1S/C17H17BrClNO3S/c1-23-10-17(20)15(11-2-4-12(18)5-3-11)16(17)24(21,22)14-8-6-13(19)7-9-14/h2-9,15-16H,10,20H2,1H3/t15-,16+,17-/m0/s1. The van der Waals surface area contributed by atoms with Crippen molar-refractivity contribution < 1.29 is 13.2 Å². The van der Waals surface area contributed by atoms with Crippen LogP contribution in [0.15, 0.2) is 57.9 Å². The van der Waals surface area contributed by atoms with Crippen LogP contribution in [0.4, 0.5) is 0 Å². The summed E-state index contributed by atoms with van der Waals surface area (Å²) in [6.45, 7) is 0.172. The lowest BCUT2D eigenvalue weighted by atomic mass is 10.1. The molecule has 3 rings (SSSR count). The van der Waals surface area contributed by atoms with Gasteiger partial charge in [0, 0.05) is 22.5 Å². The van der Waals surface area contributed by atoms with Crippen LogP contribution in [-0.2, 0) is 14.6 Å². The molecule has 0 bridgehead atoms. The van der Waals surface area contributed by atoms with Crippen molar-refractivity contribution in [2.45, 2.75) is 21.6 Å². The average Bonchev–Trinajstić information content (AvgIpc) is 3.15. The molecule has 0 amide bonds. The third-order valence-electron chi connectivity index (χ3n) is 4.40. The van der Waals surface area contributed by atoms with Gasteiger partial charge in [0.15, 0.2) is 9.84 Å². The predicted molar refractivity (Wildman–Crippen MR) is 98.1 cm³/mol. The van der Waals surface area contributed by atoms with E-state index < -0.39 is 20.6 Å². The molecule has 0 radical (unpaired) electrons. The molecule has 4 nitrogen and oxygen atoms in total. The van der Waals surface area contributed by atoms with Gasteiger partial charge in [0.1, 0.15) is 0 Å². The van der Waals surface area contributed by atoms with Crippen molar-refractivity contribution in [1.29, 1.82) is 0 Å². The van der Waals surface area contributed by atoms with Gasteiger partial charge in [0.05, 0.1) is 22.3 Å². The van der Waals surface area contributed by atoms with Gasteiger partial charge in [-0.3, -0.25) is 0 Å². The first kappa shape index (κ1) is 17.9. The lowest BCUT2D eigenvalue weighted by Crippen LogP contribution is -2.35. The third-order valence-corrected chi connectivity index (χ3v) is 7.49. The molecule has 0 heterocycles. The molecule has 128 valence electrons. The normalized spacial score (nSPS) is 26.3. The van der Waals surface area contributed by atoms with Crippen molar-refractivity contribution in [2.24, 2.45) is 5.73 Å². The lowest BCUT2D eigenvalue weighted by Gasteiger charge is -2.11. The van der Waals surface area contributed by atoms with E-state index in [1.165, 1.54) is 19.2 Å². The summed E-state index contributed by atoms with van der Waals surface area (Å²) < 4.78 is 32.3. The molecular formula is C17H17BrClNO3S. The summed E-state index contributed by atoms with van der Waals surface area (Å²) in [6, 6.07) is 13.7. The molecule has 0 saturated heterocycles. The van der Waals surface area contributed by atoms with E-state index in [2.05, 4.69) is 15.9 Å². The van der Waals surface area contributed by atoms with Crippen LogP contribution in [0.3, 0.4) is 0 Å². The van der Waals surface area contributed by atoms with Gasteiger partial charge in [0.2, 0.25) is 0 Å². The van der Waals surface area contributed by atoms with Crippen molar-refractivity contribution >= 4 is 37.4 Å². The fourth-order valence-corrected chi connectivity index (χ4v) is 5.92. The van der Waals surface area contributed by atoms with E-state index in [-0.39, 0.29) is 17.4 Å². The number of sulfone groups is 1. The highest BCUT2D eigenvalue weighted by Gasteiger charge is 2.69. The van der Waals surface area contributed by atoms with E-state index in [1.807, 2.05) is 24.3 Å². The van der Waals surface area contributed by atoms with Crippen LogP contribution < -0.4 is 5.73 Å². The summed E-state index contributed by atoms with van der Waals surface area (Å²) >= 11 is 9.24. The van der Waals surface area contributed by atoms with Gasteiger partial charge in [0.25, 0.3) is 0 Å². The Kier molecular flexibility index (Phi) is 4.79. The highest BCUT2D eigenvalue weighted by molar-refractivity contribution is 9.10. The maximum absolute atomic E-state index is 13.1. The van der Waals surface area contributed by atoms with Crippen molar-refractivity contribution in [3.63, 3.8) is 0 Å². The Morgan fingerprint density at radius 2 is 1.75 bits per heavy atom. The average molecular weight is 431 g/mol. The van der Waals surface area contributed by atoms with Crippen molar-refractivity contribution in [3.8, 4) is 0 Å². The first-order valence-corrected chi connectivity index (χ1v) is 10.0. The van der Waals surface area contributed by atoms with Gasteiger partial charge in [-0.1, -0.05) is 39.7 Å². The topological polar surface area (TPSA) is 69.4 Å². The van der Waals surface area contributed by atoms with Crippen LogP contribution in [0.5, 0.6) is 0 Å². The molecule has 24 heavy (non-hydrogen) atoms. The Bertz CT molecular complexity index is 839. The Morgan fingerprint density at radius 3 is 2.29 bits per heavy atom. The van der Waals surface area contributed by atoms with E-state index in [0.29, 0.717) is 5.02 Å².